The molecule has 0 saturated heterocycles. The van der Waals surface area contributed by atoms with Crippen molar-refractivity contribution >= 4 is 40.8 Å². The van der Waals surface area contributed by atoms with Gasteiger partial charge < -0.3 is 10.1 Å². The third-order valence-corrected chi connectivity index (χ3v) is 2.98. The molecule has 0 spiro atoms. The molecule has 6 heteroatoms. The molecule has 2 aromatic carbocycles. The number of nitrogens with one attached hydrogen (secondary N) is 2. The van der Waals surface area contributed by atoms with Gasteiger partial charge in [0.2, 0.25) is 0 Å². The fraction of sp³-hybridized carbons (Fsp3) is 0.0667. The fourth-order valence-corrected chi connectivity index (χ4v) is 1.97. The standard InChI is InChI=1S/C15H14ClN3OS/c1-20-14-7-2-4-11(8-14)10-17-19-15(21)18-13-6-3-5-12(16)9-13/h2-10H,1H3,(H2,18,19,21)/b17-10-. The van der Waals surface area contributed by atoms with Crippen LogP contribution in [0.5, 0.6) is 5.75 Å². The SMILES string of the molecule is COc1cccc(/C=N\NC(=S)Nc2cccc(Cl)c2)c1. The van der Waals surface area contributed by atoms with Crippen molar-refractivity contribution in [2.75, 3.05) is 12.4 Å². The summed E-state index contributed by atoms with van der Waals surface area (Å²) in [5.41, 5.74) is 4.45. The molecule has 0 radical (unpaired) electrons. The number of hydrogen-bond acceptors (Lipinski definition) is 3. The average Bonchev–Trinajstić information content (AvgIpc) is 2.47. The Hall–Kier alpha value is -2.11. The summed E-state index contributed by atoms with van der Waals surface area (Å²) in [6.07, 6.45) is 1.66. The summed E-state index contributed by atoms with van der Waals surface area (Å²) in [6, 6.07) is 14.8. The van der Waals surface area contributed by atoms with Crippen molar-refractivity contribution in [3.8, 4) is 5.75 Å². The summed E-state index contributed by atoms with van der Waals surface area (Å²) in [5, 5.41) is 8.08. The molecule has 2 aromatic rings. The molecule has 0 aliphatic heterocycles. The number of rotatable bonds is 4. The molecule has 0 saturated carbocycles. The van der Waals surface area contributed by atoms with Crippen molar-refractivity contribution in [3.05, 3.63) is 59.1 Å². The number of hydrogen-bond donors (Lipinski definition) is 2. The predicted molar refractivity (Wildman–Crippen MR) is 91.4 cm³/mol. The molecule has 0 heterocycles. The molecule has 21 heavy (non-hydrogen) atoms. The number of halogens is 1. The Labute approximate surface area is 133 Å². The molecule has 0 aliphatic carbocycles. The minimum absolute atomic E-state index is 0.386. The topological polar surface area (TPSA) is 45.6 Å². The lowest BCUT2D eigenvalue weighted by molar-refractivity contribution is 0.415. The first kappa shape index (κ1) is 15.3. The Kier molecular flexibility index (Phi) is 5.54. The van der Waals surface area contributed by atoms with Crippen molar-refractivity contribution < 1.29 is 4.74 Å². The van der Waals surface area contributed by atoms with Crippen LogP contribution in [0.25, 0.3) is 0 Å². The van der Waals surface area contributed by atoms with Gasteiger partial charge in [0, 0.05) is 10.7 Å². The van der Waals surface area contributed by atoms with Crippen LogP contribution < -0.4 is 15.5 Å². The minimum atomic E-state index is 0.386. The summed E-state index contributed by atoms with van der Waals surface area (Å²) < 4.78 is 5.14. The quantitative estimate of drug-likeness (QED) is 0.513. The molecule has 2 rings (SSSR count). The molecule has 0 unspecified atom stereocenters. The van der Waals surface area contributed by atoms with Gasteiger partial charge in [-0.1, -0.05) is 29.8 Å². The van der Waals surface area contributed by atoms with Gasteiger partial charge in [-0.25, -0.2) is 0 Å². The Morgan fingerprint density at radius 1 is 1.24 bits per heavy atom. The van der Waals surface area contributed by atoms with E-state index in [4.69, 9.17) is 28.6 Å². The van der Waals surface area contributed by atoms with Gasteiger partial charge in [-0.05, 0) is 48.1 Å². The molecule has 0 bridgehead atoms. The van der Waals surface area contributed by atoms with Crippen LogP contribution in [0.2, 0.25) is 5.02 Å². The first-order chi connectivity index (χ1) is 10.2. The van der Waals surface area contributed by atoms with Gasteiger partial charge in [-0.2, -0.15) is 5.10 Å². The number of nitrogens with zero attached hydrogens (tertiary/aromatic N) is 1. The van der Waals surface area contributed by atoms with Crippen molar-refractivity contribution in [1.29, 1.82) is 0 Å². The zero-order chi connectivity index (χ0) is 15.1. The third-order valence-electron chi connectivity index (χ3n) is 2.56. The van der Waals surface area contributed by atoms with Crippen LogP contribution in [0.1, 0.15) is 5.56 Å². The van der Waals surface area contributed by atoms with Gasteiger partial charge >= 0.3 is 0 Å². The van der Waals surface area contributed by atoms with Gasteiger partial charge in [-0.15, -0.1) is 0 Å². The maximum atomic E-state index is 5.90. The summed E-state index contributed by atoms with van der Waals surface area (Å²) in [5.74, 6) is 0.776. The molecule has 0 atom stereocenters. The largest absolute Gasteiger partial charge is 0.497 e. The Morgan fingerprint density at radius 3 is 2.81 bits per heavy atom. The van der Waals surface area contributed by atoms with Crippen LogP contribution in [-0.2, 0) is 0 Å². The van der Waals surface area contributed by atoms with Crippen LogP contribution in [0.3, 0.4) is 0 Å². The van der Waals surface area contributed by atoms with E-state index in [-0.39, 0.29) is 0 Å². The van der Waals surface area contributed by atoms with E-state index in [0.29, 0.717) is 10.1 Å². The zero-order valence-corrected chi connectivity index (χ0v) is 12.9. The van der Waals surface area contributed by atoms with Gasteiger partial charge in [0.05, 0.1) is 13.3 Å². The second-order valence-corrected chi connectivity index (χ2v) is 4.96. The number of hydrazone groups is 1. The number of anilines is 1. The lowest BCUT2D eigenvalue weighted by Gasteiger charge is -2.07. The van der Waals surface area contributed by atoms with E-state index in [0.717, 1.165) is 17.0 Å². The highest BCUT2D eigenvalue weighted by Crippen LogP contribution is 2.14. The molecule has 0 aromatic heterocycles. The summed E-state index contributed by atoms with van der Waals surface area (Å²) in [4.78, 5) is 0. The Bertz CT molecular complexity index is 661. The smallest absolute Gasteiger partial charge is 0.191 e. The van der Waals surface area contributed by atoms with E-state index in [1.165, 1.54) is 0 Å². The van der Waals surface area contributed by atoms with Crippen molar-refractivity contribution in [2.45, 2.75) is 0 Å². The first-order valence-electron chi connectivity index (χ1n) is 6.17. The van der Waals surface area contributed by atoms with Crippen molar-refractivity contribution in [2.24, 2.45) is 5.10 Å². The van der Waals surface area contributed by atoms with Crippen LogP contribution in [0.4, 0.5) is 5.69 Å². The summed E-state index contributed by atoms with van der Waals surface area (Å²) in [6.45, 7) is 0. The van der Waals surface area contributed by atoms with Crippen LogP contribution in [0.15, 0.2) is 53.6 Å². The molecule has 2 N–H and O–H groups in total. The minimum Gasteiger partial charge on any atom is -0.497 e. The maximum Gasteiger partial charge on any atom is 0.191 e. The number of ether oxygens (including phenoxy) is 1. The van der Waals surface area contributed by atoms with Gasteiger partial charge in [0.1, 0.15) is 5.75 Å². The highest BCUT2D eigenvalue weighted by Gasteiger charge is 1.97. The number of thiocarbonyl (C=S) groups is 1. The van der Waals surface area contributed by atoms with E-state index in [9.17, 15) is 0 Å². The second-order valence-electron chi connectivity index (χ2n) is 4.11. The zero-order valence-electron chi connectivity index (χ0n) is 11.3. The van der Waals surface area contributed by atoms with E-state index in [1.807, 2.05) is 36.4 Å². The lowest BCUT2D eigenvalue weighted by Crippen LogP contribution is -2.23. The molecular weight excluding hydrogens is 306 g/mol. The Balaban J connectivity index is 1.90. The maximum absolute atomic E-state index is 5.90. The van der Waals surface area contributed by atoms with Gasteiger partial charge in [0.25, 0.3) is 0 Å². The summed E-state index contributed by atoms with van der Waals surface area (Å²) >= 11 is 11.0. The van der Waals surface area contributed by atoms with Gasteiger partial charge in [-0.3, -0.25) is 5.43 Å². The van der Waals surface area contributed by atoms with E-state index in [2.05, 4.69) is 15.8 Å². The summed E-state index contributed by atoms with van der Waals surface area (Å²) in [7, 11) is 1.62. The molecule has 0 aliphatic rings. The van der Waals surface area contributed by atoms with E-state index < -0.39 is 0 Å². The van der Waals surface area contributed by atoms with Crippen molar-refractivity contribution in [3.63, 3.8) is 0 Å². The van der Waals surface area contributed by atoms with E-state index >= 15 is 0 Å². The fourth-order valence-electron chi connectivity index (χ4n) is 1.61. The highest BCUT2D eigenvalue weighted by atomic mass is 35.5. The second kappa shape index (κ2) is 7.61. The third kappa shape index (κ3) is 5.06. The Morgan fingerprint density at radius 2 is 2.05 bits per heavy atom. The molecule has 4 nitrogen and oxygen atoms in total. The van der Waals surface area contributed by atoms with E-state index in [1.54, 1.807) is 25.5 Å². The monoisotopic (exact) mass is 319 g/mol. The van der Waals surface area contributed by atoms with Crippen LogP contribution in [0, 0.1) is 0 Å². The lowest BCUT2D eigenvalue weighted by atomic mass is 10.2. The molecular formula is C15H14ClN3OS. The van der Waals surface area contributed by atoms with Crippen LogP contribution >= 0.6 is 23.8 Å². The van der Waals surface area contributed by atoms with Crippen LogP contribution in [-0.4, -0.2) is 18.4 Å². The molecule has 0 amide bonds. The number of benzene rings is 2. The first-order valence-corrected chi connectivity index (χ1v) is 6.95. The predicted octanol–water partition coefficient (Wildman–Crippen LogP) is 3.67. The molecule has 108 valence electrons. The normalized spacial score (nSPS) is 10.4. The van der Waals surface area contributed by atoms with Gasteiger partial charge in [0.15, 0.2) is 5.11 Å². The average molecular weight is 320 g/mol. The molecule has 0 fully saturated rings. The number of methoxy groups -OCH3 is 1. The van der Waals surface area contributed by atoms with Crippen molar-refractivity contribution in [1.82, 2.24) is 5.43 Å². The highest BCUT2D eigenvalue weighted by molar-refractivity contribution is 7.80.